The molecule has 0 aromatic heterocycles. The third-order valence-corrected chi connectivity index (χ3v) is 4.98. The molecule has 4 rings (SSSR count). The average Bonchev–Trinajstić information content (AvgIpc) is 2.93. The maximum absolute atomic E-state index is 14.0. The molecule has 1 atom stereocenters. The Kier molecular flexibility index (Phi) is 3.49. The maximum Gasteiger partial charge on any atom is 0.327 e. The van der Waals surface area contributed by atoms with E-state index in [2.05, 4.69) is 12.1 Å². The molecule has 2 aromatic rings. The lowest BCUT2D eigenvalue weighted by atomic mass is 9.93. The molecule has 0 amide bonds. The second-order valence-corrected chi connectivity index (χ2v) is 6.29. The van der Waals surface area contributed by atoms with Crippen molar-refractivity contribution in [3.63, 3.8) is 0 Å². The van der Waals surface area contributed by atoms with E-state index >= 15 is 0 Å². The van der Waals surface area contributed by atoms with E-state index in [0.29, 0.717) is 25.4 Å². The Morgan fingerprint density at radius 2 is 2.04 bits per heavy atom. The van der Waals surface area contributed by atoms with Crippen LogP contribution in [0.4, 0.5) is 15.8 Å². The van der Waals surface area contributed by atoms with E-state index in [1.165, 1.54) is 11.6 Å². The van der Waals surface area contributed by atoms with Crippen LogP contribution in [-0.2, 0) is 16.8 Å². The van der Waals surface area contributed by atoms with Gasteiger partial charge in [-0.05, 0) is 36.1 Å². The molecule has 1 spiro atoms. The first-order chi connectivity index (χ1) is 11.6. The monoisotopic (exact) mass is 328 g/mol. The topological polar surface area (TPSA) is 55.6 Å². The quantitative estimate of drug-likeness (QED) is 0.626. The van der Waals surface area contributed by atoms with Crippen LogP contribution in [0.25, 0.3) is 0 Å². The Labute approximate surface area is 138 Å². The van der Waals surface area contributed by atoms with Crippen LogP contribution in [-0.4, -0.2) is 24.6 Å². The zero-order valence-electron chi connectivity index (χ0n) is 13.1. The molecule has 5 nitrogen and oxygen atoms in total. The highest BCUT2D eigenvalue weighted by atomic mass is 19.1. The summed E-state index contributed by atoms with van der Waals surface area (Å²) in [5, 5.41) is 11.3. The smallest absolute Gasteiger partial charge is 0.327 e. The van der Waals surface area contributed by atoms with E-state index in [0.717, 1.165) is 24.5 Å². The molecule has 1 aliphatic heterocycles. The number of ether oxygens (including phenoxy) is 1. The first-order valence-corrected chi connectivity index (χ1v) is 8.01. The van der Waals surface area contributed by atoms with E-state index in [9.17, 15) is 14.5 Å². The van der Waals surface area contributed by atoms with Gasteiger partial charge in [-0.2, -0.15) is 4.39 Å². The number of nitro groups is 1. The van der Waals surface area contributed by atoms with Crippen molar-refractivity contribution in [1.29, 1.82) is 0 Å². The van der Waals surface area contributed by atoms with Gasteiger partial charge in [-0.15, -0.1) is 0 Å². The van der Waals surface area contributed by atoms with Gasteiger partial charge in [0.05, 0.1) is 18.1 Å². The Bertz CT molecular complexity index is 807. The third kappa shape index (κ3) is 2.26. The summed E-state index contributed by atoms with van der Waals surface area (Å²) in [5.74, 6) is -0.801. The number of aryl methyl sites for hydroxylation is 1. The number of fused-ring (bicyclic) bond motifs is 2. The summed E-state index contributed by atoms with van der Waals surface area (Å²) in [6.07, 6.45) is 1.77. The lowest BCUT2D eigenvalue weighted by Crippen LogP contribution is -2.49. The molecule has 0 radical (unpaired) electrons. The standard InChI is InChI=1S/C18H17FN2O3/c19-15-6-3-7-16(17(15)21(22)23)20-10-11-24-18(12-20)9-8-13-4-1-2-5-14(13)18/h1-7H,8-12H2. The van der Waals surface area contributed by atoms with E-state index in [1.54, 1.807) is 6.07 Å². The van der Waals surface area contributed by atoms with Crippen molar-refractivity contribution in [3.8, 4) is 0 Å². The molecule has 0 bridgehead atoms. The van der Waals surface area contributed by atoms with Gasteiger partial charge in [0.25, 0.3) is 0 Å². The van der Waals surface area contributed by atoms with Crippen LogP contribution in [0.1, 0.15) is 17.5 Å². The van der Waals surface area contributed by atoms with Gasteiger partial charge < -0.3 is 9.64 Å². The van der Waals surface area contributed by atoms with E-state index < -0.39 is 22.0 Å². The molecule has 1 unspecified atom stereocenters. The van der Waals surface area contributed by atoms with Crippen LogP contribution in [0.15, 0.2) is 42.5 Å². The average molecular weight is 328 g/mol. The van der Waals surface area contributed by atoms with Gasteiger partial charge in [0, 0.05) is 6.54 Å². The fourth-order valence-corrected chi connectivity index (χ4v) is 3.90. The summed E-state index contributed by atoms with van der Waals surface area (Å²) in [5.41, 5.74) is 1.81. The number of nitro benzene ring substituents is 1. The molecule has 1 aliphatic carbocycles. The van der Waals surface area contributed by atoms with Crippen molar-refractivity contribution < 1.29 is 14.1 Å². The maximum atomic E-state index is 14.0. The molecule has 0 N–H and O–H groups in total. The summed E-state index contributed by atoms with van der Waals surface area (Å²) in [4.78, 5) is 12.5. The number of hydrogen-bond acceptors (Lipinski definition) is 4. The Morgan fingerprint density at radius 1 is 1.21 bits per heavy atom. The predicted octanol–water partition coefficient (Wildman–Crippen LogP) is 3.41. The largest absolute Gasteiger partial charge is 0.367 e. The second-order valence-electron chi connectivity index (χ2n) is 6.29. The first kappa shape index (κ1) is 15.1. The number of nitrogens with zero attached hydrogens (tertiary/aromatic N) is 2. The molecule has 124 valence electrons. The lowest BCUT2D eigenvalue weighted by Gasteiger charge is -2.42. The van der Waals surface area contributed by atoms with Gasteiger partial charge in [0.15, 0.2) is 0 Å². The summed E-state index contributed by atoms with van der Waals surface area (Å²) in [6.45, 7) is 1.46. The number of anilines is 1. The number of para-hydroxylation sites is 1. The van der Waals surface area contributed by atoms with Gasteiger partial charge in [-0.1, -0.05) is 30.3 Å². The minimum absolute atomic E-state index is 0.326. The van der Waals surface area contributed by atoms with Crippen LogP contribution >= 0.6 is 0 Å². The fraction of sp³-hybridized carbons (Fsp3) is 0.333. The van der Waals surface area contributed by atoms with Gasteiger partial charge in [-0.25, -0.2) is 0 Å². The third-order valence-electron chi connectivity index (χ3n) is 4.98. The molecule has 1 saturated heterocycles. The number of benzene rings is 2. The highest BCUT2D eigenvalue weighted by Crippen LogP contribution is 2.44. The molecule has 2 aliphatic rings. The number of rotatable bonds is 2. The summed E-state index contributed by atoms with van der Waals surface area (Å²) < 4.78 is 20.1. The number of morpholine rings is 1. The van der Waals surface area contributed by atoms with Crippen molar-refractivity contribution in [2.75, 3.05) is 24.6 Å². The normalized spacial score (nSPS) is 22.6. The van der Waals surface area contributed by atoms with Crippen LogP contribution in [0.2, 0.25) is 0 Å². The van der Waals surface area contributed by atoms with Crippen molar-refractivity contribution in [2.24, 2.45) is 0 Å². The summed E-state index contributed by atoms with van der Waals surface area (Å²) in [6, 6.07) is 12.4. The van der Waals surface area contributed by atoms with Crippen LogP contribution < -0.4 is 4.90 Å². The molecule has 1 fully saturated rings. The molecule has 24 heavy (non-hydrogen) atoms. The van der Waals surface area contributed by atoms with Gasteiger partial charge in [-0.3, -0.25) is 10.1 Å². The van der Waals surface area contributed by atoms with Crippen LogP contribution in [0.3, 0.4) is 0 Å². The Morgan fingerprint density at radius 3 is 2.88 bits per heavy atom. The first-order valence-electron chi connectivity index (χ1n) is 8.01. The van der Waals surface area contributed by atoms with Crippen LogP contribution in [0.5, 0.6) is 0 Å². The minimum atomic E-state index is -0.801. The van der Waals surface area contributed by atoms with Gasteiger partial charge >= 0.3 is 5.69 Å². The molecule has 0 saturated carbocycles. The van der Waals surface area contributed by atoms with Crippen molar-refractivity contribution in [1.82, 2.24) is 0 Å². The fourth-order valence-electron chi connectivity index (χ4n) is 3.90. The summed E-state index contributed by atoms with van der Waals surface area (Å²) in [7, 11) is 0. The minimum Gasteiger partial charge on any atom is -0.367 e. The van der Waals surface area contributed by atoms with Crippen molar-refractivity contribution >= 4 is 11.4 Å². The number of halogens is 1. The Balaban J connectivity index is 1.73. The molecule has 2 aromatic carbocycles. The highest BCUT2D eigenvalue weighted by molar-refractivity contribution is 5.64. The predicted molar refractivity (Wildman–Crippen MR) is 87.7 cm³/mol. The zero-order chi connectivity index (χ0) is 16.7. The van der Waals surface area contributed by atoms with Gasteiger partial charge in [0.2, 0.25) is 5.82 Å². The Hall–Kier alpha value is -2.47. The van der Waals surface area contributed by atoms with Crippen molar-refractivity contribution in [3.05, 3.63) is 69.5 Å². The molecular weight excluding hydrogens is 311 g/mol. The number of hydrogen-bond donors (Lipinski definition) is 0. The van der Waals surface area contributed by atoms with E-state index in [1.807, 2.05) is 17.0 Å². The zero-order valence-corrected chi connectivity index (χ0v) is 13.1. The van der Waals surface area contributed by atoms with E-state index in [-0.39, 0.29) is 0 Å². The molecule has 1 heterocycles. The van der Waals surface area contributed by atoms with Gasteiger partial charge in [0.1, 0.15) is 11.3 Å². The van der Waals surface area contributed by atoms with E-state index in [4.69, 9.17) is 4.74 Å². The molecule has 6 heteroatoms. The SMILES string of the molecule is O=[N+]([O-])c1c(F)cccc1N1CCOC2(CCc3ccccc32)C1. The van der Waals surface area contributed by atoms with Crippen molar-refractivity contribution in [2.45, 2.75) is 18.4 Å². The lowest BCUT2D eigenvalue weighted by molar-refractivity contribution is -0.386. The summed E-state index contributed by atoms with van der Waals surface area (Å²) >= 11 is 0. The molecular formula is C18H17FN2O3. The second kappa shape index (κ2) is 5.56. The van der Waals surface area contributed by atoms with Crippen LogP contribution in [0, 0.1) is 15.9 Å². The highest BCUT2D eigenvalue weighted by Gasteiger charge is 2.44.